The number of rotatable bonds is 4. The summed E-state index contributed by atoms with van der Waals surface area (Å²) in [4.78, 5) is 24.8. The third kappa shape index (κ3) is 4.70. The van der Waals surface area contributed by atoms with Gasteiger partial charge in [-0.25, -0.2) is 0 Å². The number of allylic oxidation sites excluding steroid dienone is 1. The summed E-state index contributed by atoms with van der Waals surface area (Å²) >= 11 is 0. The van der Waals surface area contributed by atoms with Crippen molar-refractivity contribution >= 4 is 11.8 Å². The van der Waals surface area contributed by atoms with E-state index in [1.54, 1.807) is 0 Å². The molecule has 0 saturated heterocycles. The summed E-state index contributed by atoms with van der Waals surface area (Å²) in [5.41, 5.74) is 0.214. The number of hydrogen-bond acceptors (Lipinski definition) is 3. The SMILES string of the molecule is CC(=O)C1CCC2C3CCC=CC(OC(=O)C(C)C(C)C)CCC(C)C3CCC12C. The predicted molar refractivity (Wildman–Crippen MR) is 122 cm³/mol. The average Bonchev–Trinajstić information content (AvgIpc) is 3.05. The Kier molecular flexibility index (Phi) is 7.51. The van der Waals surface area contributed by atoms with Crippen LogP contribution in [0.5, 0.6) is 0 Å². The Morgan fingerprint density at radius 2 is 1.73 bits per heavy atom. The fourth-order valence-corrected chi connectivity index (χ4v) is 7.01. The Morgan fingerprint density at radius 3 is 2.40 bits per heavy atom. The minimum Gasteiger partial charge on any atom is -0.458 e. The molecule has 8 unspecified atom stereocenters. The lowest BCUT2D eigenvalue weighted by molar-refractivity contribution is -0.153. The molecule has 170 valence electrons. The monoisotopic (exact) mass is 416 g/mol. The molecular formula is C27H44O3. The highest BCUT2D eigenvalue weighted by molar-refractivity contribution is 5.79. The Bertz CT molecular complexity index is 650. The van der Waals surface area contributed by atoms with Crippen molar-refractivity contribution in [3.63, 3.8) is 0 Å². The van der Waals surface area contributed by atoms with Crippen LogP contribution in [0.3, 0.4) is 0 Å². The van der Waals surface area contributed by atoms with E-state index < -0.39 is 0 Å². The van der Waals surface area contributed by atoms with Crippen LogP contribution in [-0.2, 0) is 14.3 Å². The second kappa shape index (κ2) is 9.57. The molecule has 0 spiro atoms. The molecule has 0 bridgehead atoms. The maximum atomic E-state index is 12.5. The molecule has 30 heavy (non-hydrogen) atoms. The van der Waals surface area contributed by atoms with Crippen LogP contribution in [0.15, 0.2) is 12.2 Å². The van der Waals surface area contributed by atoms with Gasteiger partial charge in [-0.2, -0.15) is 0 Å². The van der Waals surface area contributed by atoms with E-state index >= 15 is 0 Å². The zero-order valence-electron chi connectivity index (χ0n) is 20.2. The van der Waals surface area contributed by atoms with Crippen molar-refractivity contribution in [3.8, 4) is 0 Å². The van der Waals surface area contributed by atoms with Crippen LogP contribution in [0.25, 0.3) is 0 Å². The maximum Gasteiger partial charge on any atom is 0.309 e. The molecule has 0 aromatic carbocycles. The van der Waals surface area contributed by atoms with Crippen LogP contribution in [-0.4, -0.2) is 17.9 Å². The number of carbonyl (C=O) groups excluding carboxylic acids is 2. The highest BCUT2D eigenvalue weighted by atomic mass is 16.5. The fraction of sp³-hybridized carbons (Fsp3) is 0.852. The van der Waals surface area contributed by atoms with Gasteiger partial charge in [0.25, 0.3) is 0 Å². The molecule has 3 heteroatoms. The van der Waals surface area contributed by atoms with Crippen LogP contribution in [0, 0.1) is 46.8 Å². The predicted octanol–water partition coefficient (Wildman–Crippen LogP) is 6.60. The van der Waals surface area contributed by atoms with Crippen LogP contribution in [0.1, 0.15) is 92.9 Å². The van der Waals surface area contributed by atoms with E-state index in [1.807, 2.05) is 13.8 Å². The van der Waals surface area contributed by atoms with E-state index in [0.29, 0.717) is 23.5 Å². The molecule has 0 heterocycles. The Hall–Kier alpha value is -1.12. The molecule has 3 rings (SSSR count). The highest BCUT2D eigenvalue weighted by Crippen LogP contribution is 2.61. The molecule has 0 N–H and O–H groups in total. The second-order valence-corrected chi connectivity index (χ2v) is 11.3. The van der Waals surface area contributed by atoms with E-state index in [0.717, 1.165) is 37.5 Å². The average molecular weight is 417 g/mol. The topological polar surface area (TPSA) is 43.4 Å². The summed E-state index contributed by atoms with van der Waals surface area (Å²) in [6, 6.07) is 0. The first-order valence-corrected chi connectivity index (χ1v) is 12.5. The molecule has 0 aromatic rings. The molecule has 2 fully saturated rings. The first-order chi connectivity index (χ1) is 14.1. The molecule has 0 aliphatic heterocycles. The Balaban J connectivity index is 1.71. The van der Waals surface area contributed by atoms with Gasteiger partial charge in [-0.05, 0) is 99.4 Å². The third-order valence-electron chi connectivity index (χ3n) is 9.28. The van der Waals surface area contributed by atoms with Crippen molar-refractivity contribution < 1.29 is 14.3 Å². The van der Waals surface area contributed by atoms with E-state index in [9.17, 15) is 9.59 Å². The van der Waals surface area contributed by atoms with Crippen LogP contribution in [0.2, 0.25) is 0 Å². The fourth-order valence-electron chi connectivity index (χ4n) is 7.01. The lowest BCUT2D eigenvalue weighted by Gasteiger charge is -2.50. The van der Waals surface area contributed by atoms with E-state index in [1.165, 1.54) is 25.7 Å². The van der Waals surface area contributed by atoms with Gasteiger partial charge in [0.15, 0.2) is 0 Å². The molecule has 3 aliphatic carbocycles. The quantitative estimate of drug-likeness (QED) is 0.383. The first kappa shape index (κ1) is 23.5. The van der Waals surface area contributed by atoms with Gasteiger partial charge in [0.05, 0.1) is 5.92 Å². The maximum absolute atomic E-state index is 12.5. The molecule has 0 aromatic heterocycles. The van der Waals surface area contributed by atoms with Gasteiger partial charge in [0, 0.05) is 5.92 Å². The number of hydrogen-bond donors (Lipinski definition) is 0. The number of carbonyl (C=O) groups is 2. The lowest BCUT2D eigenvalue weighted by Crippen LogP contribution is -2.44. The molecule has 2 saturated carbocycles. The molecule has 8 atom stereocenters. The van der Waals surface area contributed by atoms with Crippen LogP contribution >= 0.6 is 0 Å². The van der Waals surface area contributed by atoms with Crippen molar-refractivity contribution in [2.75, 3.05) is 0 Å². The Morgan fingerprint density at radius 1 is 1.00 bits per heavy atom. The van der Waals surface area contributed by atoms with Crippen molar-refractivity contribution in [1.82, 2.24) is 0 Å². The van der Waals surface area contributed by atoms with E-state index in [-0.39, 0.29) is 29.3 Å². The van der Waals surface area contributed by atoms with Gasteiger partial charge < -0.3 is 4.74 Å². The summed E-state index contributed by atoms with van der Waals surface area (Å²) in [6.45, 7) is 12.8. The van der Waals surface area contributed by atoms with Crippen molar-refractivity contribution in [2.45, 2.75) is 99.0 Å². The van der Waals surface area contributed by atoms with Gasteiger partial charge in [-0.1, -0.05) is 40.7 Å². The van der Waals surface area contributed by atoms with Gasteiger partial charge in [-0.3, -0.25) is 9.59 Å². The van der Waals surface area contributed by atoms with Crippen molar-refractivity contribution in [1.29, 1.82) is 0 Å². The zero-order valence-corrected chi connectivity index (χ0v) is 20.2. The molecule has 0 radical (unpaired) electrons. The lowest BCUT2D eigenvalue weighted by atomic mass is 9.54. The number of ketones is 1. The number of ether oxygens (including phenoxy) is 1. The van der Waals surface area contributed by atoms with E-state index in [4.69, 9.17) is 4.74 Å². The summed E-state index contributed by atoms with van der Waals surface area (Å²) in [7, 11) is 0. The molecule has 3 nitrogen and oxygen atoms in total. The summed E-state index contributed by atoms with van der Waals surface area (Å²) in [5, 5.41) is 0. The third-order valence-corrected chi connectivity index (χ3v) is 9.28. The summed E-state index contributed by atoms with van der Waals surface area (Å²) < 4.78 is 5.89. The van der Waals surface area contributed by atoms with Crippen LogP contribution < -0.4 is 0 Å². The van der Waals surface area contributed by atoms with Crippen molar-refractivity contribution in [3.05, 3.63) is 12.2 Å². The molecule has 0 amide bonds. The van der Waals surface area contributed by atoms with Gasteiger partial charge in [-0.15, -0.1) is 0 Å². The van der Waals surface area contributed by atoms with Gasteiger partial charge in [0.2, 0.25) is 0 Å². The molecule has 3 aliphatic rings. The second-order valence-electron chi connectivity index (χ2n) is 11.3. The van der Waals surface area contributed by atoms with E-state index in [2.05, 4.69) is 39.8 Å². The van der Waals surface area contributed by atoms with Crippen LogP contribution in [0.4, 0.5) is 0 Å². The number of Topliss-reactive ketones (excluding diaryl/α,β-unsaturated/α-hetero) is 1. The highest BCUT2D eigenvalue weighted by Gasteiger charge is 2.55. The summed E-state index contributed by atoms with van der Waals surface area (Å²) in [5.74, 6) is 3.69. The minimum absolute atomic E-state index is 0.0526. The zero-order chi connectivity index (χ0) is 22.1. The largest absolute Gasteiger partial charge is 0.458 e. The Labute approximate surface area is 184 Å². The standard InChI is InChI=1S/C27H44O3/c1-17(2)19(4)26(29)30-21-9-7-8-10-23-22(18(3)11-12-21)15-16-27(6)24(20(5)28)13-14-25(23)27/h7,9,17-19,21-25H,8,10-16H2,1-6H3. The van der Waals surface area contributed by atoms with Gasteiger partial charge in [0.1, 0.15) is 11.9 Å². The molecular weight excluding hydrogens is 372 g/mol. The number of fused-ring (bicyclic) bond motifs is 3. The minimum atomic E-state index is -0.0832. The smallest absolute Gasteiger partial charge is 0.309 e. The van der Waals surface area contributed by atoms with Gasteiger partial charge >= 0.3 is 5.97 Å². The normalized spacial score (nSPS) is 40.4. The summed E-state index contributed by atoms with van der Waals surface area (Å²) in [6.07, 6.45) is 13.4. The van der Waals surface area contributed by atoms with Crippen molar-refractivity contribution in [2.24, 2.45) is 46.8 Å². The number of esters is 1. The first-order valence-electron chi connectivity index (χ1n) is 12.5.